The second kappa shape index (κ2) is 6.16. The number of carbonyl (C=O) groups is 1. The van der Waals surface area contributed by atoms with Gasteiger partial charge in [-0.2, -0.15) is 0 Å². The van der Waals surface area contributed by atoms with Crippen LogP contribution in [0.1, 0.15) is 11.4 Å². The van der Waals surface area contributed by atoms with Crippen LogP contribution in [0, 0.1) is 0 Å². The third kappa shape index (κ3) is 3.85. The van der Waals surface area contributed by atoms with E-state index in [2.05, 4.69) is 9.97 Å². The van der Waals surface area contributed by atoms with Crippen molar-refractivity contribution < 1.29 is 9.90 Å². The topological polar surface area (TPSA) is 63.1 Å². The summed E-state index contributed by atoms with van der Waals surface area (Å²) >= 11 is 1.63. The molecule has 18 heavy (non-hydrogen) atoms. The van der Waals surface area contributed by atoms with E-state index in [1.54, 1.807) is 30.2 Å². The number of hydrogen-bond donors (Lipinski definition) is 1. The van der Waals surface area contributed by atoms with E-state index < -0.39 is 5.97 Å². The fourth-order valence-electron chi connectivity index (χ4n) is 1.43. The Balaban J connectivity index is 1.92. The van der Waals surface area contributed by atoms with Crippen molar-refractivity contribution in [1.82, 2.24) is 9.97 Å². The summed E-state index contributed by atoms with van der Waals surface area (Å²) in [7, 11) is 0. The summed E-state index contributed by atoms with van der Waals surface area (Å²) < 4.78 is 0. The van der Waals surface area contributed by atoms with Gasteiger partial charge in [-0.3, -0.25) is 4.79 Å². The summed E-state index contributed by atoms with van der Waals surface area (Å²) in [5.41, 5.74) is 0.808. The van der Waals surface area contributed by atoms with Crippen molar-refractivity contribution in [3.05, 3.63) is 54.1 Å². The minimum absolute atomic E-state index is 0.0622. The summed E-state index contributed by atoms with van der Waals surface area (Å²) in [5, 5.41) is 8.67. The van der Waals surface area contributed by atoms with Crippen molar-refractivity contribution in [3.63, 3.8) is 0 Å². The van der Waals surface area contributed by atoms with Crippen LogP contribution < -0.4 is 0 Å². The summed E-state index contributed by atoms with van der Waals surface area (Å²) in [6.07, 6.45) is 3.50. The Bertz CT molecular complexity index is 514. The van der Waals surface area contributed by atoms with Crippen LogP contribution in [0.2, 0.25) is 0 Å². The molecule has 0 amide bonds. The van der Waals surface area contributed by atoms with Gasteiger partial charge in [-0.25, -0.2) is 9.97 Å². The summed E-state index contributed by atoms with van der Waals surface area (Å²) in [5.74, 6) is 0.684. The predicted molar refractivity (Wildman–Crippen MR) is 69.4 cm³/mol. The highest BCUT2D eigenvalue weighted by atomic mass is 32.2. The molecule has 0 aliphatic carbocycles. The van der Waals surface area contributed by atoms with Gasteiger partial charge in [0.05, 0.1) is 12.2 Å². The lowest BCUT2D eigenvalue weighted by Crippen LogP contribution is -1.99. The Morgan fingerprint density at radius 1 is 1.17 bits per heavy atom. The van der Waals surface area contributed by atoms with E-state index in [1.807, 2.05) is 24.3 Å². The van der Waals surface area contributed by atoms with Crippen LogP contribution in [-0.2, 0) is 17.0 Å². The molecule has 0 aliphatic rings. The Labute approximate surface area is 109 Å². The van der Waals surface area contributed by atoms with Crippen LogP contribution >= 0.6 is 11.8 Å². The molecule has 4 nitrogen and oxygen atoms in total. The van der Waals surface area contributed by atoms with Gasteiger partial charge in [-0.15, -0.1) is 11.8 Å². The Morgan fingerprint density at radius 3 is 2.44 bits per heavy atom. The molecule has 1 aromatic carbocycles. The molecule has 0 saturated carbocycles. The smallest absolute Gasteiger partial charge is 0.307 e. The van der Waals surface area contributed by atoms with Gasteiger partial charge < -0.3 is 5.11 Å². The van der Waals surface area contributed by atoms with E-state index in [0.717, 1.165) is 16.3 Å². The number of benzene rings is 1. The first-order valence-electron chi connectivity index (χ1n) is 5.43. The number of aliphatic carboxylic acids is 1. The number of hydrogen-bond acceptors (Lipinski definition) is 4. The van der Waals surface area contributed by atoms with Crippen LogP contribution in [0.25, 0.3) is 0 Å². The number of carboxylic acids is 1. The molecule has 1 aromatic heterocycles. The van der Waals surface area contributed by atoms with Crippen molar-refractivity contribution in [3.8, 4) is 0 Å². The van der Waals surface area contributed by atoms with Crippen molar-refractivity contribution in [2.75, 3.05) is 0 Å². The molecule has 0 spiro atoms. The molecular weight excluding hydrogens is 248 g/mol. The van der Waals surface area contributed by atoms with Gasteiger partial charge in [0.25, 0.3) is 0 Å². The largest absolute Gasteiger partial charge is 0.481 e. The summed E-state index contributed by atoms with van der Waals surface area (Å²) in [6, 6.07) is 9.30. The lowest BCUT2D eigenvalue weighted by molar-refractivity contribution is -0.136. The second-order valence-corrected chi connectivity index (χ2v) is 4.72. The first-order valence-corrected chi connectivity index (χ1v) is 6.42. The highest BCUT2D eigenvalue weighted by Gasteiger charge is 2.01. The molecule has 2 aromatic rings. The number of rotatable bonds is 5. The third-order valence-electron chi connectivity index (χ3n) is 2.27. The van der Waals surface area contributed by atoms with Crippen molar-refractivity contribution in [1.29, 1.82) is 0 Å². The van der Waals surface area contributed by atoms with Crippen LogP contribution in [0.5, 0.6) is 0 Å². The van der Waals surface area contributed by atoms with E-state index in [1.165, 1.54) is 0 Å². The Morgan fingerprint density at radius 2 is 1.83 bits per heavy atom. The highest BCUT2D eigenvalue weighted by molar-refractivity contribution is 7.98. The number of thioether (sulfide) groups is 1. The van der Waals surface area contributed by atoms with Crippen molar-refractivity contribution in [2.24, 2.45) is 0 Å². The molecule has 0 radical (unpaired) electrons. The second-order valence-electron chi connectivity index (χ2n) is 3.67. The molecule has 0 unspecified atom stereocenters. The summed E-state index contributed by atoms with van der Waals surface area (Å²) in [4.78, 5) is 19.9. The van der Waals surface area contributed by atoms with Crippen LogP contribution in [0.3, 0.4) is 0 Å². The fourth-order valence-corrected chi connectivity index (χ4v) is 2.20. The van der Waals surface area contributed by atoms with Gasteiger partial charge in [-0.05, 0) is 23.8 Å². The molecule has 0 fully saturated rings. The van der Waals surface area contributed by atoms with Gasteiger partial charge in [0.15, 0.2) is 0 Å². The number of aromatic nitrogens is 2. The van der Waals surface area contributed by atoms with E-state index in [0.29, 0.717) is 5.75 Å². The molecular formula is C13H12N2O2S. The zero-order valence-electron chi connectivity index (χ0n) is 9.61. The molecule has 2 rings (SSSR count). The number of nitrogens with zero attached hydrogens (tertiary/aromatic N) is 2. The number of carboxylic acid groups (broad SMARTS) is 1. The third-order valence-corrected chi connectivity index (χ3v) is 3.27. The van der Waals surface area contributed by atoms with Crippen LogP contribution in [-0.4, -0.2) is 21.0 Å². The van der Waals surface area contributed by atoms with E-state index in [9.17, 15) is 4.79 Å². The van der Waals surface area contributed by atoms with Crippen molar-refractivity contribution >= 4 is 17.7 Å². The monoisotopic (exact) mass is 260 g/mol. The zero-order valence-corrected chi connectivity index (χ0v) is 10.4. The minimum Gasteiger partial charge on any atom is -0.481 e. The van der Waals surface area contributed by atoms with E-state index in [4.69, 9.17) is 5.11 Å². The molecule has 0 bridgehead atoms. The van der Waals surface area contributed by atoms with Gasteiger partial charge in [0.2, 0.25) is 0 Å². The van der Waals surface area contributed by atoms with Gasteiger partial charge >= 0.3 is 5.97 Å². The first kappa shape index (κ1) is 12.6. The summed E-state index contributed by atoms with van der Waals surface area (Å²) in [6.45, 7) is 0. The molecule has 5 heteroatoms. The zero-order chi connectivity index (χ0) is 12.8. The first-order chi connectivity index (χ1) is 8.74. The molecule has 92 valence electrons. The molecule has 1 heterocycles. The normalized spacial score (nSPS) is 10.2. The maximum Gasteiger partial charge on any atom is 0.307 e. The van der Waals surface area contributed by atoms with Crippen LogP contribution in [0.4, 0.5) is 0 Å². The standard InChI is InChI=1S/C13H12N2O2S/c16-13(17)8-10-2-4-11(5-3-10)18-9-12-14-6-1-7-15-12/h1-7H,8-9H2,(H,16,17). The Hall–Kier alpha value is -1.88. The van der Waals surface area contributed by atoms with Crippen LogP contribution in [0.15, 0.2) is 47.6 Å². The van der Waals surface area contributed by atoms with Crippen molar-refractivity contribution in [2.45, 2.75) is 17.1 Å². The van der Waals surface area contributed by atoms with Gasteiger partial charge in [-0.1, -0.05) is 12.1 Å². The van der Waals surface area contributed by atoms with Gasteiger partial charge in [0, 0.05) is 17.3 Å². The lowest BCUT2D eigenvalue weighted by Gasteiger charge is -2.02. The molecule has 1 N–H and O–H groups in total. The quantitative estimate of drug-likeness (QED) is 0.836. The fraction of sp³-hybridized carbons (Fsp3) is 0.154. The van der Waals surface area contributed by atoms with Gasteiger partial charge in [0.1, 0.15) is 5.82 Å². The van der Waals surface area contributed by atoms with E-state index >= 15 is 0 Å². The minimum atomic E-state index is -0.812. The van der Waals surface area contributed by atoms with E-state index in [-0.39, 0.29) is 6.42 Å². The lowest BCUT2D eigenvalue weighted by atomic mass is 10.2. The SMILES string of the molecule is O=C(O)Cc1ccc(SCc2ncccn2)cc1. The average molecular weight is 260 g/mol. The predicted octanol–water partition coefficient (Wildman–Crippen LogP) is 2.40. The maximum absolute atomic E-state index is 10.5. The average Bonchev–Trinajstić information content (AvgIpc) is 2.38. The highest BCUT2D eigenvalue weighted by Crippen LogP contribution is 2.21. The maximum atomic E-state index is 10.5. The molecule has 0 atom stereocenters. The molecule has 0 aliphatic heterocycles. The Kier molecular flexibility index (Phi) is 4.30. The molecule has 0 saturated heterocycles.